The van der Waals surface area contributed by atoms with Crippen LogP contribution in [0.5, 0.6) is 0 Å². The van der Waals surface area contributed by atoms with Crippen LogP contribution in [-0.2, 0) is 9.59 Å². The van der Waals surface area contributed by atoms with Crippen LogP contribution in [0.25, 0.3) is 0 Å². The molecule has 78 valence electrons. The van der Waals surface area contributed by atoms with Crippen LogP contribution < -0.4 is 0 Å². The Labute approximate surface area is 76.6 Å². The Kier molecular flexibility index (Phi) is 2.26. The lowest BCUT2D eigenvalue weighted by atomic mass is 9.97. The van der Waals surface area contributed by atoms with Crippen LogP contribution in [0, 0.1) is 0 Å². The van der Waals surface area contributed by atoms with Gasteiger partial charge in [0.1, 0.15) is 0 Å². The number of rotatable bonds is 1. The van der Waals surface area contributed by atoms with Gasteiger partial charge in [-0.1, -0.05) is 6.58 Å². The van der Waals surface area contributed by atoms with Gasteiger partial charge in [-0.05, 0) is 5.57 Å². The maximum Gasteiger partial charge on any atom is 0.471 e. The van der Waals surface area contributed by atoms with Crippen molar-refractivity contribution in [1.29, 1.82) is 0 Å². The van der Waals surface area contributed by atoms with Crippen molar-refractivity contribution >= 4 is 11.9 Å². The van der Waals surface area contributed by atoms with E-state index in [2.05, 4.69) is 6.58 Å². The van der Waals surface area contributed by atoms with Crippen molar-refractivity contribution in [1.82, 2.24) is 4.90 Å². The molecule has 0 spiro atoms. The maximum absolute atomic E-state index is 11.9. The molecule has 1 rings (SSSR count). The van der Waals surface area contributed by atoms with Gasteiger partial charge in [-0.25, -0.2) is 4.79 Å². The zero-order valence-corrected chi connectivity index (χ0v) is 6.84. The van der Waals surface area contributed by atoms with Gasteiger partial charge >= 0.3 is 18.1 Å². The number of halogens is 3. The third kappa shape index (κ3) is 1.57. The number of carbonyl (C=O) groups is 2. The van der Waals surface area contributed by atoms with Crippen molar-refractivity contribution in [2.75, 3.05) is 6.54 Å². The second-order valence-corrected chi connectivity index (χ2v) is 2.83. The molecular weight excluding hydrogens is 203 g/mol. The van der Waals surface area contributed by atoms with Crippen LogP contribution in [0.1, 0.15) is 0 Å². The quantitative estimate of drug-likeness (QED) is 0.636. The van der Waals surface area contributed by atoms with Crippen LogP contribution in [-0.4, -0.2) is 40.6 Å². The Morgan fingerprint density at radius 2 is 2.00 bits per heavy atom. The van der Waals surface area contributed by atoms with Crippen LogP contribution in [0.2, 0.25) is 0 Å². The second-order valence-electron chi connectivity index (χ2n) is 2.83. The van der Waals surface area contributed by atoms with Gasteiger partial charge in [0.05, 0.1) is 0 Å². The summed E-state index contributed by atoms with van der Waals surface area (Å²) < 4.78 is 35.6. The zero-order chi connectivity index (χ0) is 11.1. The number of likely N-dealkylation sites (tertiary alicyclic amines) is 1. The summed E-state index contributed by atoms with van der Waals surface area (Å²) in [6.07, 6.45) is -5.03. The number of carbonyl (C=O) groups excluding carboxylic acids is 1. The van der Waals surface area contributed by atoms with Gasteiger partial charge < -0.3 is 10.0 Å². The molecule has 0 aromatic rings. The molecule has 4 nitrogen and oxygen atoms in total. The smallest absolute Gasteiger partial charge is 0.471 e. The molecule has 1 unspecified atom stereocenters. The van der Waals surface area contributed by atoms with Crippen LogP contribution in [0.3, 0.4) is 0 Å². The van der Waals surface area contributed by atoms with E-state index in [1.807, 2.05) is 0 Å². The average molecular weight is 209 g/mol. The molecule has 0 aliphatic carbocycles. The summed E-state index contributed by atoms with van der Waals surface area (Å²) in [6.45, 7) is 2.88. The van der Waals surface area contributed by atoms with Crippen LogP contribution in [0.4, 0.5) is 13.2 Å². The Morgan fingerprint density at radius 3 is 2.29 bits per heavy atom. The number of aliphatic carboxylic acids is 1. The molecule has 0 bridgehead atoms. The van der Waals surface area contributed by atoms with E-state index >= 15 is 0 Å². The van der Waals surface area contributed by atoms with Crippen molar-refractivity contribution in [2.45, 2.75) is 12.2 Å². The van der Waals surface area contributed by atoms with E-state index < -0.39 is 24.1 Å². The maximum atomic E-state index is 11.9. The molecule has 0 saturated carbocycles. The van der Waals surface area contributed by atoms with E-state index in [0.29, 0.717) is 0 Å². The molecule has 1 saturated heterocycles. The SMILES string of the molecule is C=C1CN(C(=O)C(F)(F)F)C1C(=O)O. The summed E-state index contributed by atoms with van der Waals surface area (Å²) >= 11 is 0. The first-order chi connectivity index (χ1) is 6.25. The highest BCUT2D eigenvalue weighted by atomic mass is 19.4. The first kappa shape index (κ1) is 10.6. The molecule has 1 fully saturated rings. The van der Waals surface area contributed by atoms with Gasteiger partial charge in [-0.2, -0.15) is 13.2 Å². The van der Waals surface area contributed by atoms with E-state index in [1.54, 1.807) is 0 Å². The highest BCUT2D eigenvalue weighted by Gasteiger charge is 2.51. The lowest BCUT2D eigenvalue weighted by Crippen LogP contribution is -2.60. The lowest BCUT2D eigenvalue weighted by molar-refractivity contribution is -0.191. The molecule has 1 N–H and O–H groups in total. The van der Waals surface area contributed by atoms with E-state index in [1.165, 1.54) is 0 Å². The first-order valence-electron chi connectivity index (χ1n) is 3.53. The van der Waals surface area contributed by atoms with E-state index in [-0.39, 0.29) is 17.0 Å². The van der Waals surface area contributed by atoms with Gasteiger partial charge in [0.25, 0.3) is 0 Å². The molecule has 1 atom stereocenters. The minimum absolute atomic E-state index is 0.0927. The van der Waals surface area contributed by atoms with Gasteiger partial charge in [0.15, 0.2) is 6.04 Å². The number of carboxylic acid groups (broad SMARTS) is 1. The summed E-state index contributed by atoms with van der Waals surface area (Å²) in [5, 5.41) is 8.47. The molecular formula is C7H6F3NO3. The molecule has 14 heavy (non-hydrogen) atoms. The lowest BCUT2D eigenvalue weighted by Gasteiger charge is -2.40. The largest absolute Gasteiger partial charge is 0.479 e. The van der Waals surface area contributed by atoms with Gasteiger partial charge in [-0.15, -0.1) is 0 Å². The van der Waals surface area contributed by atoms with E-state index in [0.717, 1.165) is 0 Å². The van der Waals surface area contributed by atoms with Gasteiger partial charge in [0.2, 0.25) is 0 Å². The third-order valence-electron chi connectivity index (χ3n) is 1.81. The predicted octanol–water partition coefficient (Wildman–Crippen LogP) is 0.400. The second kappa shape index (κ2) is 3.00. The molecule has 1 heterocycles. The minimum Gasteiger partial charge on any atom is -0.479 e. The fraction of sp³-hybridized carbons (Fsp3) is 0.429. The Bertz CT molecular complexity index is 302. The number of carboxylic acids is 1. The third-order valence-corrected chi connectivity index (χ3v) is 1.81. The van der Waals surface area contributed by atoms with Crippen molar-refractivity contribution in [3.8, 4) is 0 Å². The Morgan fingerprint density at radius 1 is 1.50 bits per heavy atom. The molecule has 0 aromatic carbocycles. The molecule has 0 aromatic heterocycles. The normalized spacial score (nSPS) is 21.8. The monoisotopic (exact) mass is 209 g/mol. The number of alkyl halides is 3. The van der Waals surface area contributed by atoms with Crippen LogP contribution in [0.15, 0.2) is 12.2 Å². The van der Waals surface area contributed by atoms with Crippen molar-refractivity contribution in [3.63, 3.8) is 0 Å². The van der Waals surface area contributed by atoms with Crippen LogP contribution >= 0.6 is 0 Å². The first-order valence-corrected chi connectivity index (χ1v) is 3.53. The van der Waals surface area contributed by atoms with Crippen molar-refractivity contribution < 1.29 is 27.9 Å². The molecule has 1 aliphatic heterocycles. The summed E-state index contributed by atoms with van der Waals surface area (Å²) in [4.78, 5) is 21.2. The van der Waals surface area contributed by atoms with E-state index in [4.69, 9.17) is 5.11 Å². The number of nitrogens with zero attached hydrogens (tertiary/aromatic N) is 1. The van der Waals surface area contributed by atoms with Gasteiger partial charge in [-0.3, -0.25) is 4.79 Å². The highest BCUT2D eigenvalue weighted by molar-refractivity contribution is 5.91. The fourth-order valence-corrected chi connectivity index (χ4v) is 1.16. The summed E-state index contributed by atoms with van der Waals surface area (Å²) in [7, 11) is 0. The van der Waals surface area contributed by atoms with Crippen molar-refractivity contribution in [3.05, 3.63) is 12.2 Å². The molecule has 0 radical (unpaired) electrons. The highest BCUT2D eigenvalue weighted by Crippen LogP contribution is 2.28. The topological polar surface area (TPSA) is 57.6 Å². The standard InChI is InChI=1S/C7H6F3NO3/c1-3-2-11(4(3)5(12)13)6(14)7(8,9)10/h4H,1-2H2,(H,12,13). The summed E-state index contributed by atoms with van der Waals surface area (Å²) in [6, 6.07) is -1.54. The molecule has 7 heteroatoms. The summed E-state index contributed by atoms with van der Waals surface area (Å²) in [5.74, 6) is -3.64. The van der Waals surface area contributed by atoms with Crippen molar-refractivity contribution in [2.24, 2.45) is 0 Å². The average Bonchev–Trinajstić information content (AvgIpc) is 1.95. The minimum atomic E-state index is -5.03. The van der Waals surface area contributed by atoms with Gasteiger partial charge in [0, 0.05) is 6.54 Å². The summed E-state index contributed by atoms with van der Waals surface area (Å²) in [5.41, 5.74) is 0.0927. The molecule has 1 amide bonds. The fourth-order valence-electron chi connectivity index (χ4n) is 1.16. The zero-order valence-electron chi connectivity index (χ0n) is 6.84. The Hall–Kier alpha value is -1.53. The number of hydrogen-bond donors (Lipinski definition) is 1. The number of amides is 1. The molecule has 1 aliphatic rings. The number of hydrogen-bond acceptors (Lipinski definition) is 2. The van der Waals surface area contributed by atoms with E-state index in [9.17, 15) is 22.8 Å². The Balaban J connectivity index is 2.78. The predicted molar refractivity (Wildman–Crippen MR) is 38.3 cm³/mol.